The average Bonchev–Trinajstić information content (AvgIpc) is 2.58. The van der Waals surface area contributed by atoms with Gasteiger partial charge in [-0.25, -0.2) is 4.79 Å². The molecule has 2 rings (SSSR count). The van der Waals surface area contributed by atoms with Crippen LogP contribution in [0.3, 0.4) is 0 Å². The zero-order valence-corrected chi connectivity index (χ0v) is 15.7. The smallest absolute Gasteiger partial charge is 0.323 e. The third-order valence-electron chi connectivity index (χ3n) is 4.03. The summed E-state index contributed by atoms with van der Waals surface area (Å²) in [6, 6.07) is 12.7. The van der Waals surface area contributed by atoms with Gasteiger partial charge in [0.05, 0.1) is 0 Å². The summed E-state index contributed by atoms with van der Waals surface area (Å²) in [5.74, 6) is -0.157. The first kappa shape index (κ1) is 19.3. The molecule has 0 saturated heterocycles. The van der Waals surface area contributed by atoms with Crippen LogP contribution in [0, 0.1) is 6.92 Å². The maximum atomic E-state index is 12.3. The summed E-state index contributed by atoms with van der Waals surface area (Å²) >= 11 is 0. The Hall–Kier alpha value is -3.02. The lowest BCUT2D eigenvalue weighted by Gasteiger charge is -2.22. The van der Waals surface area contributed by atoms with Gasteiger partial charge in [0.25, 0.3) is 0 Å². The summed E-state index contributed by atoms with van der Waals surface area (Å²) in [4.78, 5) is 25.7. The Morgan fingerprint density at radius 1 is 0.923 bits per heavy atom. The molecule has 0 radical (unpaired) electrons. The Bertz CT molecular complexity index is 785. The molecular formula is C20H26N4O2. The normalized spacial score (nSPS) is 10.2. The minimum Gasteiger partial charge on any atom is -0.372 e. The van der Waals surface area contributed by atoms with Crippen LogP contribution in [-0.4, -0.2) is 25.0 Å². The Morgan fingerprint density at radius 3 is 2.15 bits per heavy atom. The van der Waals surface area contributed by atoms with E-state index >= 15 is 0 Å². The zero-order chi connectivity index (χ0) is 19.1. The van der Waals surface area contributed by atoms with E-state index in [-0.39, 0.29) is 11.9 Å². The Balaban J connectivity index is 2.05. The van der Waals surface area contributed by atoms with Gasteiger partial charge in [-0.15, -0.1) is 0 Å². The molecule has 0 aliphatic carbocycles. The highest BCUT2D eigenvalue weighted by atomic mass is 16.2. The number of aryl methyl sites for hydroxylation is 1. The minimum absolute atomic E-state index is 0.157. The second-order valence-electron chi connectivity index (χ2n) is 6.01. The molecule has 0 heterocycles. The molecule has 0 bridgehead atoms. The molecular weight excluding hydrogens is 328 g/mol. The van der Waals surface area contributed by atoms with Crippen molar-refractivity contribution in [1.29, 1.82) is 0 Å². The lowest BCUT2D eigenvalue weighted by molar-refractivity contribution is -0.114. The molecule has 0 atom stereocenters. The third kappa shape index (κ3) is 5.24. The van der Waals surface area contributed by atoms with E-state index in [9.17, 15) is 9.59 Å². The molecule has 0 saturated carbocycles. The molecule has 0 aliphatic heterocycles. The van der Waals surface area contributed by atoms with Gasteiger partial charge in [0.2, 0.25) is 5.91 Å². The Kier molecular flexibility index (Phi) is 6.60. The first-order valence-corrected chi connectivity index (χ1v) is 8.74. The van der Waals surface area contributed by atoms with Crippen molar-refractivity contribution in [3.8, 4) is 0 Å². The second kappa shape index (κ2) is 8.89. The zero-order valence-electron chi connectivity index (χ0n) is 15.7. The topological polar surface area (TPSA) is 73.5 Å². The number of carbonyl (C=O) groups excluding carboxylic acids is 2. The van der Waals surface area contributed by atoms with Gasteiger partial charge in [0.1, 0.15) is 0 Å². The first-order chi connectivity index (χ1) is 12.4. The van der Waals surface area contributed by atoms with Crippen LogP contribution in [0.5, 0.6) is 0 Å². The summed E-state index contributed by atoms with van der Waals surface area (Å²) in [7, 11) is 0. The first-order valence-electron chi connectivity index (χ1n) is 8.74. The second-order valence-corrected chi connectivity index (χ2v) is 6.01. The molecule has 6 heteroatoms. The molecule has 3 N–H and O–H groups in total. The number of rotatable bonds is 6. The Labute approximate surface area is 154 Å². The maximum Gasteiger partial charge on any atom is 0.323 e. The van der Waals surface area contributed by atoms with Crippen molar-refractivity contribution >= 4 is 34.7 Å². The fraction of sp³-hybridized carbons (Fsp3) is 0.300. The van der Waals surface area contributed by atoms with Crippen LogP contribution in [0.4, 0.5) is 27.5 Å². The van der Waals surface area contributed by atoms with E-state index in [1.807, 2.05) is 19.1 Å². The highest BCUT2D eigenvalue weighted by molar-refractivity contribution is 6.01. The number of anilines is 4. The van der Waals surface area contributed by atoms with Crippen molar-refractivity contribution in [1.82, 2.24) is 0 Å². The summed E-state index contributed by atoms with van der Waals surface area (Å²) in [6.07, 6.45) is 0. The minimum atomic E-state index is -0.330. The van der Waals surface area contributed by atoms with Gasteiger partial charge in [0, 0.05) is 42.8 Å². The molecule has 2 aromatic carbocycles. The van der Waals surface area contributed by atoms with E-state index in [4.69, 9.17) is 0 Å². The average molecular weight is 354 g/mol. The van der Waals surface area contributed by atoms with Crippen LogP contribution in [0.25, 0.3) is 0 Å². The van der Waals surface area contributed by atoms with E-state index in [1.54, 1.807) is 24.3 Å². The van der Waals surface area contributed by atoms with Crippen molar-refractivity contribution in [2.24, 2.45) is 0 Å². The van der Waals surface area contributed by atoms with E-state index in [2.05, 4.69) is 40.8 Å². The maximum absolute atomic E-state index is 12.3. The number of hydrogen-bond acceptors (Lipinski definition) is 3. The van der Waals surface area contributed by atoms with Crippen LogP contribution in [0.15, 0.2) is 42.5 Å². The van der Waals surface area contributed by atoms with Gasteiger partial charge >= 0.3 is 6.03 Å². The molecule has 0 unspecified atom stereocenters. The fourth-order valence-corrected chi connectivity index (χ4v) is 2.74. The van der Waals surface area contributed by atoms with Gasteiger partial charge in [-0.1, -0.05) is 6.07 Å². The summed E-state index contributed by atoms with van der Waals surface area (Å²) in [5.41, 5.74) is 4.13. The monoisotopic (exact) mass is 354 g/mol. The number of benzene rings is 2. The van der Waals surface area contributed by atoms with Gasteiger partial charge < -0.3 is 20.9 Å². The van der Waals surface area contributed by atoms with E-state index in [0.717, 1.165) is 30.0 Å². The lowest BCUT2D eigenvalue weighted by Crippen LogP contribution is -2.22. The highest BCUT2D eigenvalue weighted by Gasteiger charge is 2.08. The quantitative estimate of drug-likeness (QED) is 0.718. The predicted octanol–water partition coefficient (Wildman–Crippen LogP) is 4.44. The molecule has 138 valence electrons. The number of amides is 3. The Morgan fingerprint density at radius 2 is 1.58 bits per heavy atom. The fourth-order valence-electron chi connectivity index (χ4n) is 2.74. The number of nitrogens with zero attached hydrogens (tertiary/aromatic N) is 1. The predicted molar refractivity (Wildman–Crippen MR) is 108 cm³/mol. The van der Waals surface area contributed by atoms with E-state index in [0.29, 0.717) is 11.4 Å². The van der Waals surface area contributed by atoms with Crippen molar-refractivity contribution in [3.05, 3.63) is 48.0 Å². The summed E-state index contributed by atoms with van der Waals surface area (Å²) in [5, 5.41) is 8.33. The molecule has 3 amide bonds. The summed E-state index contributed by atoms with van der Waals surface area (Å²) in [6.45, 7) is 9.53. The number of nitrogens with one attached hydrogen (secondary N) is 3. The molecule has 0 fully saturated rings. The van der Waals surface area contributed by atoms with Crippen LogP contribution in [0.2, 0.25) is 0 Å². The van der Waals surface area contributed by atoms with Crippen LogP contribution in [0.1, 0.15) is 26.3 Å². The molecule has 0 aromatic heterocycles. The molecule has 0 aliphatic rings. The van der Waals surface area contributed by atoms with Crippen LogP contribution < -0.4 is 20.9 Å². The number of urea groups is 1. The summed E-state index contributed by atoms with van der Waals surface area (Å²) < 4.78 is 0. The lowest BCUT2D eigenvalue weighted by atomic mass is 10.1. The van der Waals surface area contributed by atoms with Gasteiger partial charge in [-0.2, -0.15) is 0 Å². The van der Waals surface area contributed by atoms with E-state index in [1.165, 1.54) is 6.92 Å². The molecule has 0 spiro atoms. The highest BCUT2D eigenvalue weighted by Crippen LogP contribution is 2.23. The van der Waals surface area contributed by atoms with E-state index < -0.39 is 0 Å². The van der Waals surface area contributed by atoms with Crippen molar-refractivity contribution in [2.45, 2.75) is 27.7 Å². The van der Waals surface area contributed by atoms with Gasteiger partial charge in [-0.3, -0.25) is 4.79 Å². The SMILES string of the molecule is CCN(CC)c1ccc(NC(=O)Nc2cccc(NC(C)=O)c2)c(C)c1. The number of hydrogen-bond donors (Lipinski definition) is 3. The van der Waals surface area contributed by atoms with Crippen LogP contribution in [-0.2, 0) is 4.79 Å². The van der Waals surface area contributed by atoms with Crippen molar-refractivity contribution in [2.75, 3.05) is 33.9 Å². The standard InChI is InChI=1S/C20H26N4O2/c1-5-24(6-2)18-10-11-19(14(3)12-18)23-20(26)22-17-9-7-8-16(13-17)21-15(4)25/h7-13H,5-6H2,1-4H3,(H,21,25)(H2,22,23,26). The largest absolute Gasteiger partial charge is 0.372 e. The molecule has 26 heavy (non-hydrogen) atoms. The van der Waals surface area contributed by atoms with Gasteiger partial charge in [0.15, 0.2) is 0 Å². The van der Waals surface area contributed by atoms with Gasteiger partial charge in [-0.05, 0) is 62.7 Å². The third-order valence-corrected chi connectivity index (χ3v) is 4.03. The molecule has 6 nitrogen and oxygen atoms in total. The molecule has 2 aromatic rings. The van der Waals surface area contributed by atoms with Crippen LogP contribution >= 0.6 is 0 Å². The van der Waals surface area contributed by atoms with Crippen molar-refractivity contribution in [3.63, 3.8) is 0 Å². The number of carbonyl (C=O) groups is 2. The van der Waals surface area contributed by atoms with Crippen molar-refractivity contribution < 1.29 is 9.59 Å².